The number of hydrogen-bond donors (Lipinski definition) is 1. The molecule has 0 saturated heterocycles. The molecule has 102 valence electrons. The van der Waals surface area contributed by atoms with Gasteiger partial charge in [-0.25, -0.2) is 14.6 Å². The molecular weight excluding hydrogens is 238 g/mol. The first-order chi connectivity index (χ1) is 9.21. The van der Waals surface area contributed by atoms with Crippen LogP contribution in [-0.2, 0) is 19.3 Å². The topological polar surface area (TPSA) is 69.6 Å². The van der Waals surface area contributed by atoms with E-state index < -0.39 is 0 Å². The molecule has 0 fully saturated rings. The number of nitrogen functional groups attached to an aromatic ring is 1. The van der Waals surface area contributed by atoms with Crippen molar-refractivity contribution in [3.63, 3.8) is 0 Å². The van der Waals surface area contributed by atoms with Gasteiger partial charge in [0.15, 0.2) is 5.82 Å². The van der Waals surface area contributed by atoms with E-state index in [2.05, 4.69) is 35.8 Å². The number of aryl methyl sites for hydroxylation is 2. The van der Waals surface area contributed by atoms with Crippen molar-refractivity contribution < 1.29 is 0 Å². The lowest BCUT2D eigenvalue weighted by Crippen LogP contribution is -2.06. The van der Waals surface area contributed by atoms with Gasteiger partial charge in [-0.1, -0.05) is 27.2 Å². The highest BCUT2D eigenvalue weighted by atomic mass is 15.3. The molecule has 19 heavy (non-hydrogen) atoms. The number of aromatic nitrogens is 4. The SMILES string of the molecule is CCCc1cc(-n2nc(CC)c(N)c2CC)ncn1. The monoisotopic (exact) mass is 259 g/mol. The zero-order valence-corrected chi connectivity index (χ0v) is 11.8. The van der Waals surface area contributed by atoms with Crippen molar-refractivity contribution in [1.82, 2.24) is 19.7 Å². The van der Waals surface area contributed by atoms with E-state index in [0.29, 0.717) is 0 Å². The molecule has 0 bridgehead atoms. The van der Waals surface area contributed by atoms with Gasteiger partial charge in [-0.2, -0.15) is 5.10 Å². The van der Waals surface area contributed by atoms with Gasteiger partial charge in [0, 0.05) is 11.8 Å². The fourth-order valence-electron chi connectivity index (χ4n) is 2.20. The van der Waals surface area contributed by atoms with E-state index in [1.807, 2.05) is 10.7 Å². The highest BCUT2D eigenvalue weighted by Crippen LogP contribution is 2.21. The Balaban J connectivity index is 2.48. The van der Waals surface area contributed by atoms with Gasteiger partial charge in [0.1, 0.15) is 6.33 Å². The lowest BCUT2D eigenvalue weighted by molar-refractivity contribution is 0.759. The van der Waals surface area contributed by atoms with E-state index in [-0.39, 0.29) is 0 Å². The summed E-state index contributed by atoms with van der Waals surface area (Å²) in [5.74, 6) is 0.807. The Morgan fingerprint density at radius 2 is 1.95 bits per heavy atom. The summed E-state index contributed by atoms with van der Waals surface area (Å²) in [5.41, 5.74) is 9.93. The molecule has 0 unspecified atom stereocenters. The molecule has 2 aromatic rings. The minimum atomic E-state index is 0.792. The van der Waals surface area contributed by atoms with Crippen molar-refractivity contribution in [2.45, 2.75) is 46.5 Å². The van der Waals surface area contributed by atoms with Gasteiger partial charge >= 0.3 is 0 Å². The number of rotatable bonds is 5. The molecule has 0 aliphatic rings. The van der Waals surface area contributed by atoms with Crippen molar-refractivity contribution in [3.05, 3.63) is 29.5 Å². The molecule has 0 spiro atoms. The molecule has 0 saturated carbocycles. The van der Waals surface area contributed by atoms with Crippen LogP contribution in [0, 0.1) is 0 Å². The molecule has 0 aliphatic heterocycles. The van der Waals surface area contributed by atoms with Crippen LogP contribution in [0.3, 0.4) is 0 Å². The minimum absolute atomic E-state index is 0.792. The third kappa shape index (κ3) is 2.59. The molecule has 0 amide bonds. The molecule has 2 rings (SSSR count). The van der Waals surface area contributed by atoms with Gasteiger partial charge in [0.25, 0.3) is 0 Å². The third-order valence-electron chi connectivity index (χ3n) is 3.20. The maximum absolute atomic E-state index is 6.13. The van der Waals surface area contributed by atoms with Gasteiger partial charge < -0.3 is 5.73 Å². The fourth-order valence-corrected chi connectivity index (χ4v) is 2.20. The Kier molecular flexibility index (Phi) is 4.14. The molecule has 2 heterocycles. The van der Waals surface area contributed by atoms with Crippen LogP contribution in [-0.4, -0.2) is 19.7 Å². The fraction of sp³-hybridized carbons (Fsp3) is 0.500. The molecule has 5 nitrogen and oxygen atoms in total. The summed E-state index contributed by atoms with van der Waals surface area (Å²) >= 11 is 0. The van der Waals surface area contributed by atoms with E-state index in [1.165, 1.54) is 0 Å². The number of nitrogens with zero attached hydrogens (tertiary/aromatic N) is 4. The Morgan fingerprint density at radius 1 is 1.16 bits per heavy atom. The summed E-state index contributed by atoms with van der Waals surface area (Å²) in [6.07, 6.45) is 5.29. The van der Waals surface area contributed by atoms with Crippen LogP contribution in [0.4, 0.5) is 5.69 Å². The Labute approximate surface area is 113 Å². The molecule has 0 radical (unpaired) electrons. The summed E-state index contributed by atoms with van der Waals surface area (Å²) in [5, 5.41) is 4.57. The lowest BCUT2D eigenvalue weighted by atomic mass is 10.2. The van der Waals surface area contributed by atoms with Crippen LogP contribution in [0.5, 0.6) is 0 Å². The summed E-state index contributed by atoms with van der Waals surface area (Å²) in [7, 11) is 0. The first-order valence-corrected chi connectivity index (χ1v) is 6.88. The zero-order chi connectivity index (χ0) is 13.8. The summed E-state index contributed by atoms with van der Waals surface area (Å²) in [4.78, 5) is 8.60. The van der Waals surface area contributed by atoms with E-state index in [1.54, 1.807) is 6.33 Å². The van der Waals surface area contributed by atoms with Gasteiger partial charge in [-0.3, -0.25) is 0 Å². The zero-order valence-electron chi connectivity index (χ0n) is 11.8. The van der Waals surface area contributed by atoms with Crippen LogP contribution in [0.1, 0.15) is 44.3 Å². The van der Waals surface area contributed by atoms with Crippen molar-refractivity contribution in [1.29, 1.82) is 0 Å². The highest BCUT2D eigenvalue weighted by molar-refractivity contribution is 5.51. The molecule has 0 aromatic carbocycles. The van der Waals surface area contributed by atoms with Crippen molar-refractivity contribution in [2.75, 3.05) is 5.73 Å². The summed E-state index contributed by atoms with van der Waals surface area (Å²) in [6.45, 7) is 6.28. The maximum Gasteiger partial charge on any atom is 0.157 e. The first kappa shape index (κ1) is 13.5. The predicted molar refractivity (Wildman–Crippen MR) is 76.3 cm³/mol. The highest BCUT2D eigenvalue weighted by Gasteiger charge is 2.14. The van der Waals surface area contributed by atoms with Crippen molar-refractivity contribution >= 4 is 5.69 Å². The Morgan fingerprint density at radius 3 is 2.58 bits per heavy atom. The average Bonchev–Trinajstić information content (AvgIpc) is 2.75. The third-order valence-corrected chi connectivity index (χ3v) is 3.20. The van der Waals surface area contributed by atoms with Gasteiger partial charge in [-0.15, -0.1) is 0 Å². The number of anilines is 1. The number of hydrogen-bond acceptors (Lipinski definition) is 4. The largest absolute Gasteiger partial charge is 0.396 e. The average molecular weight is 259 g/mol. The molecule has 0 atom stereocenters. The first-order valence-electron chi connectivity index (χ1n) is 6.88. The Bertz CT molecular complexity index is 559. The van der Waals surface area contributed by atoms with Crippen LogP contribution in [0.25, 0.3) is 5.82 Å². The van der Waals surface area contributed by atoms with Crippen LogP contribution in [0.15, 0.2) is 12.4 Å². The number of nitrogens with two attached hydrogens (primary N) is 1. The standard InChI is InChI=1S/C14H21N5/c1-4-7-10-8-13(17-9-16-10)19-12(6-3)14(15)11(5-2)18-19/h8-9H,4-7,15H2,1-3H3. The maximum atomic E-state index is 6.13. The second kappa shape index (κ2) is 5.82. The lowest BCUT2D eigenvalue weighted by Gasteiger charge is -2.06. The Hall–Kier alpha value is -1.91. The van der Waals surface area contributed by atoms with Gasteiger partial charge in [0.05, 0.1) is 17.1 Å². The molecule has 0 aliphatic carbocycles. The second-order valence-electron chi connectivity index (χ2n) is 4.54. The van der Waals surface area contributed by atoms with Gasteiger partial charge in [0.2, 0.25) is 0 Å². The summed E-state index contributed by atoms with van der Waals surface area (Å²) < 4.78 is 1.86. The van der Waals surface area contributed by atoms with E-state index in [4.69, 9.17) is 5.73 Å². The van der Waals surface area contributed by atoms with E-state index >= 15 is 0 Å². The van der Waals surface area contributed by atoms with E-state index in [9.17, 15) is 0 Å². The summed E-state index contributed by atoms with van der Waals surface area (Å²) in [6, 6.07) is 1.99. The van der Waals surface area contributed by atoms with Crippen LogP contribution in [0.2, 0.25) is 0 Å². The quantitative estimate of drug-likeness (QED) is 0.894. The molecule has 2 aromatic heterocycles. The van der Waals surface area contributed by atoms with Crippen molar-refractivity contribution in [3.8, 4) is 5.82 Å². The normalized spacial score (nSPS) is 10.9. The molecule has 2 N–H and O–H groups in total. The van der Waals surface area contributed by atoms with Crippen LogP contribution >= 0.6 is 0 Å². The van der Waals surface area contributed by atoms with E-state index in [0.717, 1.165) is 54.3 Å². The second-order valence-corrected chi connectivity index (χ2v) is 4.54. The minimum Gasteiger partial charge on any atom is -0.396 e. The van der Waals surface area contributed by atoms with Crippen LogP contribution < -0.4 is 5.73 Å². The predicted octanol–water partition coefficient (Wildman–Crippen LogP) is 2.32. The smallest absolute Gasteiger partial charge is 0.157 e. The van der Waals surface area contributed by atoms with Crippen molar-refractivity contribution in [2.24, 2.45) is 0 Å². The molecule has 5 heteroatoms. The van der Waals surface area contributed by atoms with Gasteiger partial charge in [-0.05, 0) is 19.3 Å². The molecular formula is C14H21N5.